The second-order valence-electron chi connectivity index (χ2n) is 6.96. The van der Waals surface area contributed by atoms with Gasteiger partial charge in [-0.1, -0.05) is 6.92 Å². The second kappa shape index (κ2) is 8.14. The Hall–Kier alpha value is -2.67. The van der Waals surface area contributed by atoms with Crippen LogP contribution in [0.4, 0.5) is 11.5 Å². The summed E-state index contributed by atoms with van der Waals surface area (Å²) in [6.07, 6.45) is 4.29. The normalized spacial score (nSPS) is 15.0. The Morgan fingerprint density at radius 2 is 2.00 bits per heavy atom. The smallest absolute Gasteiger partial charge is 0.227 e. The summed E-state index contributed by atoms with van der Waals surface area (Å²) in [6.45, 7) is 3.80. The summed E-state index contributed by atoms with van der Waals surface area (Å²) in [6, 6.07) is 9.64. The van der Waals surface area contributed by atoms with Crippen molar-refractivity contribution in [1.82, 2.24) is 9.97 Å². The number of carbonyl (C=O) groups excluding carboxylic acids is 1. The van der Waals surface area contributed by atoms with Crippen LogP contribution in [0.25, 0.3) is 10.2 Å². The third-order valence-corrected chi connectivity index (χ3v) is 6.42. The number of methoxy groups -OCH3 is 1. The fourth-order valence-electron chi connectivity index (χ4n) is 3.59. The van der Waals surface area contributed by atoms with Crippen LogP contribution >= 0.6 is 11.3 Å². The minimum Gasteiger partial charge on any atom is -0.497 e. The number of ether oxygens (including phenoxy) is 1. The molecule has 6 nitrogen and oxygen atoms in total. The van der Waals surface area contributed by atoms with Gasteiger partial charge in [-0.3, -0.25) is 4.79 Å². The number of nitrogens with zero attached hydrogens (tertiary/aromatic N) is 3. The van der Waals surface area contributed by atoms with Crippen molar-refractivity contribution in [3.05, 3.63) is 41.5 Å². The molecule has 0 atom stereocenters. The molecule has 7 heteroatoms. The largest absolute Gasteiger partial charge is 0.497 e. The van der Waals surface area contributed by atoms with E-state index in [1.54, 1.807) is 24.8 Å². The second-order valence-corrected chi connectivity index (χ2v) is 8.08. The summed E-state index contributed by atoms with van der Waals surface area (Å²) < 4.78 is 5.16. The molecule has 3 heterocycles. The van der Waals surface area contributed by atoms with Crippen molar-refractivity contribution in [2.45, 2.75) is 26.2 Å². The highest BCUT2D eigenvalue weighted by molar-refractivity contribution is 7.18. The molecule has 28 heavy (non-hydrogen) atoms. The summed E-state index contributed by atoms with van der Waals surface area (Å²) in [4.78, 5) is 26.2. The van der Waals surface area contributed by atoms with Gasteiger partial charge in [0.1, 0.15) is 22.7 Å². The lowest BCUT2D eigenvalue weighted by Gasteiger charge is -2.32. The highest BCUT2D eigenvalue weighted by Crippen LogP contribution is 2.32. The minimum absolute atomic E-state index is 0.0179. The van der Waals surface area contributed by atoms with E-state index in [1.165, 1.54) is 4.88 Å². The molecule has 0 saturated carbocycles. The van der Waals surface area contributed by atoms with Gasteiger partial charge in [0.25, 0.3) is 0 Å². The maximum Gasteiger partial charge on any atom is 0.227 e. The molecule has 1 amide bonds. The lowest BCUT2D eigenvalue weighted by Crippen LogP contribution is -2.38. The van der Waals surface area contributed by atoms with Gasteiger partial charge in [0.05, 0.1) is 12.5 Å². The van der Waals surface area contributed by atoms with Crippen molar-refractivity contribution in [3.63, 3.8) is 0 Å². The zero-order valence-electron chi connectivity index (χ0n) is 16.1. The van der Waals surface area contributed by atoms with Crippen molar-refractivity contribution < 1.29 is 9.53 Å². The maximum atomic E-state index is 12.6. The molecular weight excluding hydrogens is 372 g/mol. The van der Waals surface area contributed by atoms with Crippen LogP contribution < -0.4 is 15.0 Å². The number of hydrogen-bond acceptors (Lipinski definition) is 6. The van der Waals surface area contributed by atoms with Crippen LogP contribution in [0, 0.1) is 5.92 Å². The number of nitrogens with one attached hydrogen (secondary N) is 1. The Balaban J connectivity index is 1.40. The van der Waals surface area contributed by atoms with Gasteiger partial charge in [0.15, 0.2) is 0 Å². The summed E-state index contributed by atoms with van der Waals surface area (Å²) >= 11 is 1.73. The number of aryl methyl sites for hydroxylation is 1. The molecule has 0 bridgehead atoms. The first-order valence-electron chi connectivity index (χ1n) is 9.61. The molecule has 0 spiro atoms. The van der Waals surface area contributed by atoms with Crippen LogP contribution in [-0.4, -0.2) is 36.1 Å². The molecule has 1 fully saturated rings. The Morgan fingerprint density at radius 3 is 2.68 bits per heavy atom. The first-order valence-corrected chi connectivity index (χ1v) is 10.4. The molecular formula is C21H24N4O2S. The van der Waals surface area contributed by atoms with Crippen molar-refractivity contribution in [1.29, 1.82) is 0 Å². The Bertz CT molecular complexity index is 962. The molecule has 1 aliphatic heterocycles. The molecule has 0 radical (unpaired) electrons. The summed E-state index contributed by atoms with van der Waals surface area (Å²) in [5, 5.41) is 4.15. The van der Waals surface area contributed by atoms with Gasteiger partial charge in [-0.15, -0.1) is 11.3 Å². The lowest BCUT2D eigenvalue weighted by molar-refractivity contribution is -0.120. The van der Waals surface area contributed by atoms with Gasteiger partial charge < -0.3 is 15.0 Å². The predicted octanol–water partition coefficient (Wildman–Crippen LogP) is 4.12. The summed E-state index contributed by atoms with van der Waals surface area (Å²) in [5.74, 6) is 1.88. The van der Waals surface area contributed by atoms with Gasteiger partial charge in [-0.2, -0.15) is 0 Å². The fraction of sp³-hybridized carbons (Fsp3) is 0.381. The van der Waals surface area contributed by atoms with E-state index in [-0.39, 0.29) is 11.8 Å². The molecule has 1 N–H and O–H groups in total. The predicted molar refractivity (Wildman–Crippen MR) is 113 cm³/mol. The SMILES string of the molecule is CCc1cc2c(N3CCC(C(=O)Nc4ccc(OC)cc4)CC3)ncnc2s1. The van der Waals surface area contributed by atoms with Gasteiger partial charge in [-0.05, 0) is 49.6 Å². The lowest BCUT2D eigenvalue weighted by atomic mass is 9.95. The van der Waals surface area contributed by atoms with Crippen molar-refractivity contribution in [3.8, 4) is 5.75 Å². The Labute approximate surface area is 168 Å². The zero-order valence-corrected chi connectivity index (χ0v) is 17.0. The number of rotatable bonds is 5. The number of benzene rings is 1. The number of fused-ring (bicyclic) bond motifs is 1. The molecule has 0 unspecified atom stereocenters. The minimum atomic E-state index is 0.0179. The molecule has 1 aliphatic rings. The van der Waals surface area contributed by atoms with Gasteiger partial charge in [0.2, 0.25) is 5.91 Å². The van der Waals surface area contributed by atoms with Gasteiger partial charge >= 0.3 is 0 Å². The Kier molecular flexibility index (Phi) is 5.43. The third-order valence-electron chi connectivity index (χ3n) is 5.23. The summed E-state index contributed by atoms with van der Waals surface area (Å²) in [5.41, 5.74) is 0.802. The van der Waals surface area contributed by atoms with Crippen LogP contribution in [0.5, 0.6) is 5.75 Å². The molecule has 1 saturated heterocycles. The molecule has 3 aromatic rings. The first kappa shape index (κ1) is 18.7. The first-order chi connectivity index (χ1) is 13.7. The van der Waals surface area contributed by atoms with Crippen LogP contribution in [0.1, 0.15) is 24.6 Å². The van der Waals surface area contributed by atoms with E-state index in [0.717, 1.165) is 59.8 Å². The van der Waals surface area contributed by atoms with Crippen LogP contribution in [0.15, 0.2) is 36.7 Å². The van der Waals surface area contributed by atoms with E-state index >= 15 is 0 Å². The van der Waals surface area contributed by atoms with E-state index in [9.17, 15) is 4.79 Å². The van der Waals surface area contributed by atoms with Crippen LogP contribution in [-0.2, 0) is 11.2 Å². The fourth-order valence-corrected chi connectivity index (χ4v) is 4.52. The topological polar surface area (TPSA) is 67.4 Å². The van der Waals surface area contributed by atoms with E-state index in [1.807, 2.05) is 24.3 Å². The van der Waals surface area contributed by atoms with Gasteiger partial charge in [-0.25, -0.2) is 9.97 Å². The molecule has 2 aromatic heterocycles. The highest BCUT2D eigenvalue weighted by Gasteiger charge is 2.27. The third kappa shape index (κ3) is 3.80. The number of piperidine rings is 1. The van der Waals surface area contributed by atoms with E-state index in [2.05, 4.69) is 33.2 Å². The zero-order chi connectivity index (χ0) is 19.5. The number of anilines is 2. The quantitative estimate of drug-likeness (QED) is 0.703. The Morgan fingerprint density at radius 1 is 1.25 bits per heavy atom. The number of thiophene rings is 1. The van der Waals surface area contributed by atoms with E-state index in [4.69, 9.17) is 4.74 Å². The number of aromatic nitrogens is 2. The summed E-state index contributed by atoms with van der Waals surface area (Å²) in [7, 11) is 1.63. The van der Waals surface area contributed by atoms with Crippen LogP contribution in [0.3, 0.4) is 0 Å². The maximum absolute atomic E-state index is 12.6. The number of hydrogen-bond donors (Lipinski definition) is 1. The monoisotopic (exact) mass is 396 g/mol. The average molecular weight is 397 g/mol. The van der Waals surface area contributed by atoms with E-state index in [0.29, 0.717) is 0 Å². The molecule has 146 valence electrons. The highest BCUT2D eigenvalue weighted by atomic mass is 32.1. The standard InChI is InChI=1S/C21H24N4O2S/c1-3-17-12-18-19(22-13-23-21(18)28-17)25-10-8-14(9-11-25)20(26)24-15-4-6-16(27-2)7-5-15/h4-7,12-14H,3,8-11H2,1-2H3,(H,24,26). The van der Waals surface area contributed by atoms with Crippen molar-refractivity contribution in [2.75, 3.05) is 30.4 Å². The molecule has 4 rings (SSSR count). The average Bonchev–Trinajstić information content (AvgIpc) is 3.18. The molecule has 1 aromatic carbocycles. The van der Waals surface area contributed by atoms with Crippen LogP contribution in [0.2, 0.25) is 0 Å². The van der Waals surface area contributed by atoms with Crippen molar-refractivity contribution >= 4 is 39.0 Å². The number of carbonyl (C=O) groups is 1. The van der Waals surface area contributed by atoms with E-state index < -0.39 is 0 Å². The molecule has 0 aliphatic carbocycles. The number of amides is 1. The van der Waals surface area contributed by atoms with Crippen molar-refractivity contribution in [2.24, 2.45) is 5.92 Å². The van der Waals surface area contributed by atoms with Gasteiger partial charge in [0, 0.05) is 29.6 Å².